The summed E-state index contributed by atoms with van der Waals surface area (Å²) in [6, 6.07) is 22.0. The number of unbranched alkanes of at least 4 members (excludes halogenated alkanes) is 2. The summed E-state index contributed by atoms with van der Waals surface area (Å²) < 4.78 is 6.00. The number of nitrogens with two attached hydrogens (primary N) is 1. The van der Waals surface area contributed by atoms with Crippen LogP contribution in [0.25, 0.3) is 22.4 Å². The molecule has 2 aliphatic heterocycles. The number of H-pyrrole nitrogens is 1. The number of hydrogen-bond donors (Lipinski definition) is 2. The predicted molar refractivity (Wildman–Crippen MR) is 161 cm³/mol. The summed E-state index contributed by atoms with van der Waals surface area (Å²) in [7, 11) is 2.19. The van der Waals surface area contributed by atoms with E-state index in [1.165, 1.54) is 22.5 Å². The van der Waals surface area contributed by atoms with Crippen LogP contribution >= 0.6 is 0 Å². The Morgan fingerprint density at radius 1 is 0.846 bits per heavy atom. The molecule has 4 aromatic rings. The number of piperazine rings is 1. The van der Waals surface area contributed by atoms with Crippen molar-refractivity contribution in [1.82, 2.24) is 14.9 Å². The molecule has 0 amide bonds. The molecule has 1 saturated heterocycles. The fourth-order valence-corrected chi connectivity index (χ4v) is 5.70. The van der Waals surface area contributed by atoms with Crippen LogP contribution in [0.2, 0.25) is 0 Å². The Labute approximate surface area is 231 Å². The van der Waals surface area contributed by atoms with Gasteiger partial charge in [0.05, 0.1) is 17.6 Å². The third-order valence-electron chi connectivity index (χ3n) is 8.13. The van der Waals surface area contributed by atoms with Crippen LogP contribution in [-0.4, -0.2) is 67.8 Å². The van der Waals surface area contributed by atoms with Gasteiger partial charge in [0.2, 0.25) is 0 Å². The largest absolute Gasteiger partial charge is 0.494 e. The minimum Gasteiger partial charge on any atom is -0.494 e. The molecular formula is C32H40N6O. The molecule has 7 heteroatoms. The van der Waals surface area contributed by atoms with Crippen molar-refractivity contribution in [2.24, 2.45) is 5.73 Å². The highest BCUT2D eigenvalue weighted by Gasteiger charge is 2.19. The molecule has 0 radical (unpaired) electrons. The highest BCUT2D eigenvalue weighted by molar-refractivity contribution is 5.83. The number of rotatable bonds is 9. The van der Waals surface area contributed by atoms with Gasteiger partial charge in [-0.05, 0) is 92.9 Å². The maximum Gasteiger partial charge on any atom is 0.138 e. The van der Waals surface area contributed by atoms with Gasteiger partial charge in [0.25, 0.3) is 0 Å². The van der Waals surface area contributed by atoms with Crippen molar-refractivity contribution >= 4 is 22.4 Å². The number of hydrogen-bond acceptors (Lipinski definition) is 6. The van der Waals surface area contributed by atoms with E-state index in [1.807, 2.05) is 0 Å². The molecule has 0 atom stereocenters. The lowest BCUT2D eigenvalue weighted by atomic mass is 9.98. The van der Waals surface area contributed by atoms with Crippen molar-refractivity contribution in [1.29, 1.82) is 0 Å². The number of imidazole rings is 1. The van der Waals surface area contributed by atoms with E-state index in [1.54, 1.807) is 0 Å². The van der Waals surface area contributed by atoms with Crippen LogP contribution in [-0.2, 0) is 13.0 Å². The number of fused-ring (bicyclic) bond motifs is 2. The summed E-state index contributed by atoms with van der Waals surface area (Å²) in [5, 5.41) is 0. The van der Waals surface area contributed by atoms with Crippen molar-refractivity contribution in [3.63, 3.8) is 0 Å². The molecule has 3 aromatic carbocycles. The van der Waals surface area contributed by atoms with Crippen LogP contribution in [0.4, 0.5) is 11.4 Å². The van der Waals surface area contributed by atoms with E-state index in [-0.39, 0.29) is 0 Å². The first-order valence-electron chi connectivity index (χ1n) is 14.4. The van der Waals surface area contributed by atoms with Gasteiger partial charge in [0, 0.05) is 56.2 Å². The maximum absolute atomic E-state index is 6.00. The summed E-state index contributed by atoms with van der Waals surface area (Å²) in [6.07, 6.45) is 4.27. The Morgan fingerprint density at radius 3 is 2.59 bits per heavy atom. The summed E-state index contributed by atoms with van der Waals surface area (Å²) in [5.74, 6) is 1.91. The quantitative estimate of drug-likeness (QED) is 0.299. The summed E-state index contributed by atoms with van der Waals surface area (Å²) >= 11 is 0. The number of nitrogens with one attached hydrogen (secondary N) is 1. The SMILES string of the molecule is CN1CCN(c2ccc3nc(-c4cccc(N5CCc6cc(OCCCCCN)ccc6C5)c4)[nH]c3c2)CC1. The van der Waals surface area contributed by atoms with Crippen molar-refractivity contribution in [3.8, 4) is 17.1 Å². The average Bonchev–Trinajstić information content (AvgIpc) is 3.41. The fraction of sp³-hybridized carbons (Fsp3) is 0.406. The van der Waals surface area contributed by atoms with Gasteiger partial charge >= 0.3 is 0 Å². The molecule has 7 nitrogen and oxygen atoms in total. The maximum atomic E-state index is 6.00. The van der Waals surface area contributed by atoms with Crippen molar-refractivity contribution in [2.45, 2.75) is 32.2 Å². The van der Waals surface area contributed by atoms with Crippen molar-refractivity contribution < 1.29 is 4.74 Å². The lowest BCUT2D eigenvalue weighted by molar-refractivity contribution is 0.305. The van der Waals surface area contributed by atoms with Gasteiger partial charge in [0.15, 0.2) is 0 Å². The van der Waals surface area contributed by atoms with Crippen molar-refractivity contribution in [3.05, 3.63) is 71.8 Å². The molecule has 0 spiro atoms. The molecule has 1 fully saturated rings. The zero-order valence-electron chi connectivity index (χ0n) is 23.0. The molecule has 0 unspecified atom stereocenters. The molecule has 2 aliphatic rings. The first-order valence-corrected chi connectivity index (χ1v) is 14.4. The predicted octanol–water partition coefficient (Wildman–Crippen LogP) is 5.05. The first kappa shape index (κ1) is 25.7. The molecule has 39 heavy (non-hydrogen) atoms. The Balaban J connectivity index is 1.14. The second-order valence-corrected chi connectivity index (χ2v) is 10.9. The smallest absolute Gasteiger partial charge is 0.138 e. The standard InChI is InChI=1S/C32H40N6O/c1-36-15-17-37(18-16-36)28-9-11-30-31(22-28)35-32(34-30)25-6-5-7-27(20-25)38-14-12-24-21-29(10-8-26(24)23-38)39-19-4-2-3-13-33/h5-11,20-22H,2-4,12-19,23,33H2,1H3,(H,34,35). The number of likely N-dealkylation sites (N-methyl/N-ethyl adjacent to an activating group) is 1. The van der Waals surface area contributed by atoms with E-state index in [2.05, 4.69) is 87.4 Å². The topological polar surface area (TPSA) is 73.7 Å². The molecule has 6 rings (SSSR count). The summed E-state index contributed by atoms with van der Waals surface area (Å²) in [5.41, 5.74) is 14.1. The van der Waals surface area contributed by atoms with Crippen LogP contribution < -0.4 is 20.3 Å². The Kier molecular flexibility index (Phi) is 7.70. The number of nitrogens with zero attached hydrogens (tertiary/aromatic N) is 4. The van der Waals surface area contributed by atoms with E-state index in [0.717, 1.165) is 106 Å². The highest BCUT2D eigenvalue weighted by Crippen LogP contribution is 2.31. The molecule has 3 N–H and O–H groups in total. The Bertz CT molecular complexity index is 1410. The second kappa shape index (κ2) is 11.7. The number of anilines is 2. The van der Waals surface area contributed by atoms with Gasteiger partial charge in [-0.2, -0.15) is 0 Å². The molecule has 0 aliphatic carbocycles. The number of ether oxygens (including phenoxy) is 1. The van der Waals surface area contributed by atoms with Gasteiger partial charge in [-0.1, -0.05) is 18.2 Å². The van der Waals surface area contributed by atoms with E-state index in [4.69, 9.17) is 15.5 Å². The Morgan fingerprint density at radius 2 is 1.72 bits per heavy atom. The monoisotopic (exact) mass is 524 g/mol. The molecule has 204 valence electrons. The van der Waals surface area contributed by atoms with Gasteiger partial charge in [0.1, 0.15) is 11.6 Å². The minimum atomic E-state index is 0.758. The van der Waals surface area contributed by atoms with E-state index in [0.29, 0.717) is 0 Å². The van der Waals surface area contributed by atoms with Crippen LogP contribution in [0.3, 0.4) is 0 Å². The average molecular weight is 525 g/mol. The normalized spacial score (nSPS) is 16.1. The van der Waals surface area contributed by atoms with Gasteiger partial charge in [-0.15, -0.1) is 0 Å². The molecule has 0 bridgehead atoms. The highest BCUT2D eigenvalue weighted by atomic mass is 16.5. The molecule has 0 saturated carbocycles. The summed E-state index contributed by atoms with van der Waals surface area (Å²) in [6.45, 7) is 7.75. The third-order valence-corrected chi connectivity index (χ3v) is 8.13. The number of aromatic amines is 1. The van der Waals surface area contributed by atoms with Crippen LogP contribution in [0.15, 0.2) is 60.7 Å². The van der Waals surface area contributed by atoms with E-state index in [9.17, 15) is 0 Å². The van der Waals surface area contributed by atoms with Crippen LogP contribution in [0.1, 0.15) is 30.4 Å². The van der Waals surface area contributed by atoms with E-state index < -0.39 is 0 Å². The van der Waals surface area contributed by atoms with E-state index >= 15 is 0 Å². The lowest BCUT2D eigenvalue weighted by Gasteiger charge is -2.34. The van der Waals surface area contributed by atoms with Gasteiger partial charge in [-0.3, -0.25) is 0 Å². The van der Waals surface area contributed by atoms with Crippen LogP contribution in [0.5, 0.6) is 5.75 Å². The lowest BCUT2D eigenvalue weighted by Crippen LogP contribution is -2.44. The van der Waals surface area contributed by atoms with Gasteiger partial charge in [-0.25, -0.2) is 4.98 Å². The van der Waals surface area contributed by atoms with Gasteiger partial charge < -0.3 is 30.2 Å². The Hall–Kier alpha value is -3.55. The summed E-state index contributed by atoms with van der Waals surface area (Å²) in [4.78, 5) is 15.8. The number of benzene rings is 3. The molecular weight excluding hydrogens is 484 g/mol. The zero-order chi connectivity index (χ0) is 26.6. The zero-order valence-corrected chi connectivity index (χ0v) is 23.0. The molecule has 1 aromatic heterocycles. The fourth-order valence-electron chi connectivity index (χ4n) is 5.70. The number of aromatic nitrogens is 2. The third kappa shape index (κ3) is 5.89. The molecule has 3 heterocycles. The first-order chi connectivity index (χ1) is 19.2. The second-order valence-electron chi connectivity index (χ2n) is 10.9. The van der Waals surface area contributed by atoms with Crippen molar-refractivity contribution in [2.75, 3.05) is 62.7 Å². The van der Waals surface area contributed by atoms with Crippen LogP contribution in [0, 0.1) is 0 Å². The minimum absolute atomic E-state index is 0.758.